The van der Waals surface area contributed by atoms with Crippen LogP contribution in [0.4, 0.5) is 0 Å². The first kappa shape index (κ1) is 26.8. The van der Waals surface area contributed by atoms with Gasteiger partial charge in [0, 0.05) is 67.0 Å². The number of aromatic nitrogens is 1. The number of methoxy groups -OCH3 is 2. The number of likely N-dealkylation sites (tertiary alicyclic amines) is 1. The topological polar surface area (TPSA) is 46.9 Å². The molecule has 36 heavy (non-hydrogen) atoms. The lowest BCUT2D eigenvalue weighted by atomic mass is 9.85. The molecule has 0 bridgehead atoms. The highest BCUT2D eigenvalue weighted by Gasteiger charge is 2.41. The molecule has 0 saturated carbocycles. The van der Waals surface area contributed by atoms with Gasteiger partial charge < -0.3 is 18.9 Å². The second kappa shape index (κ2) is 11.4. The summed E-state index contributed by atoms with van der Waals surface area (Å²) in [6.45, 7) is 4.02. The summed E-state index contributed by atoms with van der Waals surface area (Å²) in [6.07, 6.45) is 3.61. The Labute approximate surface area is 223 Å². The summed E-state index contributed by atoms with van der Waals surface area (Å²) >= 11 is 12.4. The molecule has 0 N–H and O–H groups in total. The van der Waals surface area contributed by atoms with Crippen molar-refractivity contribution in [3.8, 4) is 5.75 Å². The highest BCUT2D eigenvalue weighted by molar-refractivity contribution is 6.34. The van der Waals surface area contributed by atoms with Crippen LogP contribution in [0.15, 0.2) is 42.6 Å². The normalized spacial score (nSPS) is 19.3. The van der Waals surface area contributed by atoms with Gasteiger partial charge in [0.1, 0.15) is 5.75 Å². The minimum absolute atomic E-state index is 0.0586. The molecular formula is C28H35Cl2N3O3. The van der Waals surface area contributed by atoms with Crippen molar-refractivity contribution >= 4 is 40.0 Å². The van der Waals surface area contributed by atoms with Gasteiger partial charge in [0.2, 0.25) is 5.91 Å². The van der Waals surface area contributed by atoms with Crippen molar-refractivity contribution in [1.29, 1.82) is 0 Å². The van der Waals surface area contributed by atoms with E-state index in [-0.39, 0.29) is 24.0 Å². The summed E-state index contributed by atoms with van der Waals surface area (Å²) in [5.74, 6) is 0.732. The van der Waals surface area contributed by atoms with Crippen molar-refractivity contribution < 1.29 is 14.3 Å². The third kappa shape index (κ3) is 5.67. The van der Waals surface area contributed by atoms with Gasteiger partial charge in [-0.1, -0.05) is 23.2 Å². The summed E-state index contributed by atoms with van der Waals surface area (Å²) in [4.78, 5) is 18.0. The first-order valence-electron chi connectivity index (χ1n) is 12.3. The van der Waals surface area contributed by atoms with Gasteiger partial charge in [-0.05, 0) is 74.3 Å². The average Bonchev–Trinajstić information content (AvgIpc) is 3.16. The Morgan fingerprint density at radius 2 is 1.86 bits per heavy atom. The number of carbonyl (C=O) groups excluding carboxylic acids is 1. The Morgan fingerprint density at radius 1 is 1.14 bits per heavy atom. The number of rotatable bonds is 9. The van der Waals surface area contributed by atoms with Crippen LogP contribution in [0.3, 0.4) is 0 Å². The van der Waals surface area contributed by atoms with Crippen molar-refractivity contribution in [2.75, 3.05) is 34.4 Å². The Kier molecular flexibility index (Phi) is 8.51. The van der Waals surface area contributed by atoms with Crippen LogP contribution in [0.25, 0.3) is 10.9 Å². The molecule has 1 fully saturated rings. The van der Waals surface area contributed by atoms with E-state index in [0.717, 1.165) is 29.7 Å². The molecule has 2 aromatic carbocycles. The summed E-state index contributed by atoms with van der Waals surface area (Å²) in [6, 6.07) is 11.8. The van der Waals surface area contributed by atoms with Gasteiger partial charge in [-0.2, -0.15) is 0 Å². The van der Waals surface area contributed by atoms with E-state index in [1.807, 2.05) is 37.1 Å². The van der Waals surface area contributed by atoms with Crippen LogP contribution in [-0.2, 0) is 29.5 Å². The number of ether oxygens (including phenoxy) is 2. The first-order valence-corrected chi connectivity index (χ1v) is 13.1. The summed E-state index contributed by atoms with van der Waals surface area (Å²) in [7, 11) is 7.46. The maximum absolute atomic E-state index is 13.7. The third-order valence-corrected chi connectivity index (χ3v) is 7.87. The van der Waals surface area contributed by atoms with E-state index in [0.29, 0.717) is 29.7 Å². The predicted molar refractivity (Wildman–Crippen MR) is 146 cm³/mol. The number of carbonyl (C=O) groups is 1. The van der Waals surface area contributed by atoms with E-state index in [2.05, 4.69) is 34.8 Å². The quantitative estimate of drug-likeness (QED) is 0.369. The van der Waals surface area contributed by atoms with Gasteiger partial charge in [-0.3, -0.25) is 9.69 Å². The van der Waals surface area contributed by atoms with Gasteiger partial charge in [-0.15, -0.1) is 0 Å². The monoisotopic (exact) mass is 531 g/mol. The molecule has 1 aliphatic heterocycles. The van der Waals surface area contributed by atoms with Gasteiger partial charge in [0.05, 0.1) is 19.1 Å². The number of halogens is 2. The number of benzene rings is 2. The molecule has 1 aliphatic rings. The Hall–Kier alpha value is -2.25. The fraction of sp³-hybridized carbons (Fsp3) is 0.464. The number of hydrogen-bond acceptors (Lipinski definition) is 4. The molecule has 4 rings (SSSR count). The largest absolute Gasteiger partial charge is 0.497 e. The molecule has 3 atom stereocenters. The number of nitrogens with zero attached hydrogens (tertiary/aromatic N) is 3. The SMILES string of the molecule is COc1ccc2c(c1)c(CCN1CC[C@H](N(C)Cc3cc(Cl)cc(Cl)c3)C([C@@H](C)OC)C1=O)cn2C. The van der Waals surface area contributed by atoms with Crippen LogP contribution >= 0.6 is 23.2 Å². The molecule has 194 valence electrons. The lowest BCUT2D eigenvalue weighted by Gasteiger charge is -2.44. The zero-order valence-electron chi connectivity index (χ0n) is 21.6. The minimum Gasteiger partial charge on any atom is -0.497 e. The molecule has 1 aromatic heterocycles. The molecular weight excluding hydrogens is 497 g/mol. The molecule has 8 heteroatoms. The summed E-state index contributed by atoms with van der Waals surface area (Å²) in [5.41, 5.74) is 3.40. The molecule has 1 amide bonds. The van der Waals surface area contributed by atoms with Crippen molar-refractivity contribution in [2.45, 2.75) is 38.5 Å². The molecule has 1 unspecified atom stereocenters. The molecule has 6 nitrogen and oxygen atoms in total. The zero-order chi connectivity index (χ0) is 26.0. The first-order chi connectivity index (χ1) is 17.2. The van der Waals surface area contributed by atoms with Crippen molar-refractivity contribution in [2.24, 2.45) is 13.0 Å². The van der Waals surface area contributed by atoms with Crippen LogP contribution in [0.2, 0.25) is 10.0 Å². The summed E-state index contributed by atoms with van der Waals surface area (Å²) in [5, 5.41) is 2.40. The van der Waals surface area contributed by atoms with Gasteiger partial charge in [0.25, 0.3) is 0 Å². The van der Waals surface area contributed by atoms with Crippen molar-refractivity contribution in [3.63, 3.8) is 0 Å². The standard InChI is InChI=1S/C28H35Cl2N3O3/c1-18(35-4)27-26(31(2)16-19-12-21(29)14-22(30)13-19)9-11-33(28(27)34)10-8-20-17-32(3)25-7-6-23(36-5)15-24(20)25/h6-7,12-15,17-18,26-27H,8-11,16H2,1-5H3/t18-,26+,27?/m1/s1. The lowest BCUT2D eigenvalue weighted by molar-refractivity contribution is -0.148. The van der Waals surface area contributed by atoms with Gasteiger partial charge >= 0.3 is 0 Å². The van der Waals surface area contributed by atoms with E-state index in [1.165, 1.54) is 10.9 Å². The van der Waals surface area contributed by atoms with Crippen LogP contribution in [-0.4, -0.2) is 66.8 Å². The highest BCUT2D eigenvalue weighted by atomic mass is 35.5. The minimum atomic E-state index is -0.254. The Balaban J connectivity index is 1.49. The second-order valence-corrected chi connectivity index (χ2v) is 10.6. The molecule has 0 radical (unpaired) electrons. The maximum atomic E-state index is 13.7. The van der Waals surface area contributed by atoms with Crippen LogP contribution < -0.4 is 4.74 Å². The van der Waals surface area contributed by atoms with E-state index in [1.54, 1.807) is 20.3 Å². The fourth-order valence-electron chi connectivity index (χ4n) is 5.47. The van der Waals surface area contributed by atoms with E-state index in [9.17, 15) is 4.79 Å². The summed E-state index contributed by atoms with van der Waals surface area (Å²) < 4.78 is 13.3. The highest BCUT2D eigenvalue weighted by Crippen LogP contribution is 2.30. The van der Waals surface area contributed by atoms with Crippen LogP contribution in [0.5, 0.6) is 5.75 Å². The number of aryl methyl sites for hydroxylation is 1. The van der Waals surface area contributed by atoms with E-state index < -0.39 is 0 Å². The third-order valence-electron chi connectivity index (χ3n) is 7.43. The smallest absolute Gasteiger partial charge is 0.229 e. The zero-order valence-corrected chi connectivity index (χ0v) is 23.1. The fourth-order valence-corrected chi connectivity index (χ4v) is 6.04. The van der Waals surface area contributed by atoms with Crippen molar-refractivity contribution in [1.82, 2.24) is 14.4 Å². The molecule has 0 aliphatic carbocycles. The number of fused-ring (bicyclic) bond motifs is 1. The number of piperidine rings is 1. The van der Waals surface area contributed by atoms with E-state index >= 15 is 0 Å². The lowest BCUT2D eigenvalue weighted by Crippen LogP contribution is -2.57. The Bertz CT molecular complexity index is 1210. The van der Waals surface area contributed by atoms with Crippen LogP contribution in [0.1, 0.15) is 24.5 Å². The van der Waals surface area contributed by atoms with Gasteiger partial charge in [0.15, 0.2) is 0 Å². The second-order valence-electron chi connectivity index (χ2n) is 9.74. The number of hydrogen-bond donors (Lipinski definition) is 0. The predicted octanol–water partition coefficient (Wildman–Crippen LogP) is 5.42. The van der Waals surface area contributed by atoms with Crippen molar-refractivity contribution in [3.05, 3.63) is 63.8 Å². The molecule has 0 spiro atoms. The average molecular weight is 533 g/mol. The van der Waals surface area contributed by atoms with E-state index in [4.69, 9.17) is 32.7 Å². The molecule has 3 aromatic rings. The van der Waals surface area contributed by atoms with Gasteiger partial charge in [-0.25, -0.2) is 0 Å². The molecule has 2 heterocycles. The maximum Gasteiger partial charge on any atom is 0.229 e. The number of amides is 1. The molecule has 1 saturated heterocycles. The Morgan fingerprint density at radius 3 is 2.53 bits per heavy atom. The van der Waals surface area contributed by atoms with Crippen LogP contribution in [0, 0.1) is 5.92 Å².